The Hall–Kier alpha value is -2.63. The first-order valence-corrected chi connectivity index (χ1v) is 8.16. The van der Waals surface area contributed by atoms with Crippen LogP contribution in [0.2, 0.25) is 0 Å². The van der Waals surface area contributed by atoms with Gasteiger partial charge in [-0.15, -0.1) is 0 Å². The van der Waals surface area contributed by atoms with Crippen LogP contribution < -0.4 is 9.47 Å². The molecule has 4 nitrogen and oxygen atoms in total. The molecule has 1 fully saturated rings. The fourth-order valence-electron chi connectivity index (χ4n) is 2.78. The molecule has 1 aliphatic heterocycles. The topological polar surface area (TPSA) is 38.8 Å². The van der Waals surface area contributed by atoms with Gasteiger partial charge in [-0.3, -0.25) is 4.79 Å². The Bertz CT molecular complexity index is 745. The zero-order valence-electron chi connectivity index (χ0n) is 13.8. The molecule has 0 N–H and O–H groups in total. The molecule has 1 aliphatic rings. The standard InChI is InChI=1S/C19H19F2NO3/c1-2-13-7-3-5-9-16(13)24-14-11-22(12-14)18(23)15-8-4-6-10-17(15)25-19(20)21/h3-10,14,19H,2,11-12H2,1H3. The van der Waals surface area contributed by atoms with Gasteiger partial charge in [0.1, 0.15) is 17.6 Å². The van der Waals surface area contributed by atoms with Crippen molar-refractivity contribution >= 4 is 5.91 Å². The van der Waals surface area contributed by atoms with E-state index >= 15 is 0 Å². The molecule has 2 aromatic carbocycles. The van der Waals surface area contributed by atoms with Gasteiger partial charge in [-0.2, -0.15) is 8.78 Å². The highest BCUT2D eigenvalue weighted by Crippen LogP contribution is 2.27. The number of hydrogen-bond donors (Lipinski definition) is 0. The average Bonchev–Trinajstić information content (AvgIpc) is 2.57. The maximum absolute atomic E-state index is 12.5. The highest BCUT2D eigenvalue weighted by atomic mass is 19.3. The number of rotatable bonds is 6. The van der Waals surface area contributed by atoms with Crippen molar-refractivity contribution in [1.82, 2.24) is 4.90 Å². The lowest BCUT2D eigenvalue weighted by Gasteiger charge is -2.39. The number of carbonyl (C=O) groups is 1. The third-order valence-electron chi connectivity index (χ3n) is 4.12. The number of ether oxygens (including phenoxy) is 2. The number of halogens is 2. The van der Waals surface area contributed by atoms with Crippen LogP contribution in [-0.4, -0.2) is 36.6 Å². The van der Waals surface area contributed by atoms with E-state index in [1.165, 1.54) is 12.1 Å². The normalized spacial score (nSPS) is 14.3. The average molecular weight is 347 g/mol. The van der Waals surface area contributed by atoms with Gasteiger partial charge < -0.3 is 14.4 Å². The molecule has 1 saturated heterocycles. The highest BCUT2D eigenvalue weighted by Gasteiger charge is 2.34. The van der Waals surface area contributed by atoms with E-state index in [4.69, 9.17) is 4.74 Å². The summed E-state index contributed by atoms with van der Waals surface area (Å²) in [5, 5.41) is 0. The van der Waals surface area contributed by atoms with Crippen molar-refractivity contribution in [1.29, 1.82) is 0 Å². The van der Waals surface area contributed by atoms with Crippen LogP contribution in [0, 0.1) is 0 Å². The molecule has 0 aromatic heterocycles. The lowest BCUT2D eigenvalue weighted by Crippen LogP contribution is -2.56. The maximum atomic E-state index is 12.5. The third kappa shape index (κ3) is 3.90. The fraction of sp³-hybridized carbons (Fsp3) is 0.316. The number of benzene rings is 2. The number of amides is 1. The lowest BCUT2D eigenvalue weighted by atomic mass is 10.1. The summed E-state index contributed by atoms with van der Waals surface area (Å²) in [7, 11) is 0. The summed E-state index contributed by atoms with van der Waals surface area (Å²) in [4.78, 5) is 14.1. The van der Waals surface area contributed by atoms with Crippen LogP contribution in [0.15, 0.2) is 48.5 Å². The van der Waals surface area contributed by atoms with Gasteiger partial charge in [0.15, 0.2) is 0 Å². The number of alkyl halides is 2. The minimum atomic E-state index is -2.97. The molecule has 25 heavy (non-hydrogen) atoms. The molecular formula is C19H19F2NO3. The highest BCUT2D eigenvalue weighted by molar-refractivity contribution is 5.97. The van der Waals surface area contributed by atoms with Gasteiger partial charge in [-0.1, -0.05) is 37.3 Å². The van der Waals surface area contributed by atoms with E-state index in [0.29, 0.717) is 13.1 Å². The number of carbonyl (C=O) groups excluding carboxylic acids is 1. The summed E-state index contributed by atoms with van der Waals surface area (Å²) in [5.41, 5.74) is 1.25. The third-order valence-corrected chi connectivity index (χ3v) is 4.12. The maximum Gasteiger partial charge on any atom is 0.387 e. The van der Waals surface area contributed by atoms with Crippen LogP contribution in [0.4, 0.5) is 8.78 Å². The van der Waals surface area contributed by atoms with Gasteiger partial charge in [0.2, 0.25) is 0 Å². The molecule has 0 aliphatic carbocycles. The van der Waals surface area contributed by atoms with Gasteiger partial charge >= 0.3 is 6.61 Å². The summed E-state index contributed by atoms with van der Waals surface area (Å²) >= 11 is 0. The lowest BCUT2D eigenvalue weighted by molar-refractivity contribution is -0.0505. The Morgan fingerprint density at radius 1 is 1.12 bits per heavy atom. The van der Waals surface area contributed by atoms with Crippen LogP contribution in [0.3, 0.4) is 0 Å². The van der Waals surface area contributed by atoms with Crippen molar-refractivity contribution < 1.29 is 23.0 Å². The van der Waals surface area contributed by atoms with Crippen molar-refractivity contribution in [3.05, 3.63) is 59.7 Å². The van der Waals surface area contributed by atoms with Gasteiger partial charge in [0.05, 0.1) is 18.7 Å². The van der Waals surface area contributed by atoms with Crippen LogP contribution >= 0.6 is 0 Å². The molecule has 3 rings (SSSR count). The first-order valence-electron chi connectivity index (χ1n) is 8.16. The molecule has 0 atom stereocenters. The molecule has 6 heteroatoms. The number of para-hydroxylation sites is 2. The van der Waals surface area contributed by atoms with Crippen molar-refractivity contribution in [2.45, 2.75) is 26.1 Å². The molecule has 2 aromatic rings. The first kappa shape index (κ1) is 17.2. The smallest absolute Gasteiger partial charge is 0.387 e. The predicted molar refractivity (Wildman–Crippen MR) is 89.2 cm³/mol. The Kier molecular flexibility index (Phi) is 5.16. The number of hydrogen-bond acceptors (Lipinski definition) is 3. The SMILES string of the molecule is CCc1ccccc1OC1CN(C(=O)c2ccccc2OC(F)F)C1. The molecule has 0 radical (unpaired) electrons. The molecular weight excluding hydrogens is 328 g/mol. The van der Waals surface area contributed by atoms with Crippen molar-refractivity contribution in [2.24, 2.45) is 0 Å². The molecule has 0 spiro atoms. The summed E-state index contributed by atoms with van der Waals surface area (Å²) in [5.74, 6) is 0.381. The van der Waals surface area contributed by atoms with E-state index < -0.39 is 6.61 Å². The van der Waals surface area contributed by atoms with Crippen LogP contribution in [0.25, 0.3) is 0 Å². The van der Waals surface area contributed by atoms with E-state index in [2.05, 4.69) is 11.7 Å². The van der Waals surface area contributed by atoms with Gasteiger partial charge in [0, 0.05) is 0 Å². The van der Waals surface area contributed by atoms with Crippen molar-refractivity contribution in [3.63, 3.8) is 0 Å². The zero-order valence-corrected chi connectivity index (χ0v) is 13.8. The first-order chi connectivity index (χ1) is 12.1. The van der Waals surface area contributed by atoms with E-state index in [-0.39, 0.29) is 23.3 Å². The second-order valence-corrected chi connectivity index (χ2v) is 5.79. The van der Waals surface area contributed by atoms with Gasteiger partial charge in [0.25, 0.3) is 5.91 Å². The summed E-state index contributed by atoms with van der Waals surface area (Å²) < 4.78 is 35.3. The Morgan fingerprint density at radius 3 is 2.44 bits per heavy atom. The molecule has 1 heterocycles. The molecule has 0 unspecified atom stereocenters. The quantitative estimate of drug-likeness (QED) is 0.799. The van der Waals surface area contributed by atoms with Gasteiger partial charge in [-0.05, 0) is 30.2 Å². The Morgan fingerprint density at radius 2 is 1.76 bits per heavy atom. The monoisotopic (exact) mass is 347 g/mol. The fourth-order valence-corrected chi connectivity index (χ4v) is 2.78. The van der Waals surface area contributed by atoms with Gasteiger partial charge in [-0.25, -0.2) is 0 Å². The number of aryl methyl sites for hydroxylation is 1. The molecule has 0 saturated carbocycles. The molecule has 132 valence electrons. The zero-order chi connectivity index (χ0) is 17.8. The van der Waals surface area contributed by atoms with Crippen molar-refractivity contribution in [2.75, 3.05) is 13.1 Å². The Labute approximate surface area is 145 Å². The minimum Gasteiger partial charge on any atom is -0.486 e. The summed E-state index contributed by atoms with van der Waals surface area (Å²) in [6, 6.07) is 13.8. The van der Waals surface area contributed by atoms with E-state index in [9.17, 15) is 13.6 Å². The molecule has 1 amide bonds. The second-order valence-electron chi connectivity index (χ2n) is 5.79. The van der Waals surface area contributed by atoms with Crippen LogP contribution in [0.1, 0.15) is 22.8 Å². The Balaban J connectivity index is 1.62. The van der Waals surface area contributed by atoms with E-state index in [0.717, 1.165) is 17.7 Å². The largest absolute Gasteiger partial charge is 0.486 e. The van der Waals surface area contributed by atoms with Crippen molar-refractivity contribution in [3.8, 4) is 11.5 Å². The summed E-state index contributed by atoms with van der Waals surface area (Å²) in [6.45, 7) is -0.0783. The minimum absolute atomic E-state index is 0.0974. The molecule has 0 bridgehead atoms. The number of nitrogens with zero attached hydrogens (tertiary/aromatic N) is 1. The number of likely N-dealkylation sites (tertiary alicyclic amines) is 1. The summed E-state index contributed by atoms with van der Waals surface area (Å²) in [6.07, 6.45) is 0.768. The van der Waals surface area contributed by atoms with Crippen LogP contribution in [-0.2, 0) is 6.42 Å². The van der Waals surface area contributed by atoms with Crippen LogP contribution in [0.5, 0.6) is 11.5 Å². The van der Waals surface area contributed by atoms with E-state index in [1.54, 1.807) is 17.0 Å². The predicted octanol–water partition coefficient (Wildman–Crippen LogP) is 3.75. The van der Waals surface area contributed by atoms with E-state index in [1.807, 2.05) is 24.3 Å². The second kappa shape index (κ2) is 7.51.